The first-order chi connectivity index (χ1) is 9.98. The van der Waals surface area contributed by atoms with E-state index in [2.05, 4.69) is 10.3 Å². The van der Waals surface area contributed by atoms with Crippen molar-refractivity contribution in [2.75, 3.05) is 5.32 Å². The molecule has 0 aliphatic heterocycles. The van der Waals surface area contributed by atoms with Crippen molar-refractivity contribution in [1.82, 2.24) is 4.98 Å². The number of hydrogen-bond donors (Lipinski definition) is 2. The van der Waals surface area contributed by atoms with Crippen LogP contribution in [-0.2, 0) is 4.79 Å². The Morgan fingerprint density at radius 1 is 1.23 bits per heavy atom. The molecule has 120 valence electrons. The van der Waals surface area contributed by atoms with Gasteiger partial charge in [-0.25, -0.2) is 13.8 Å². The van der Waals surface area contributed by atoms with Crippen LogP contribution in [-0.4, -0.2) is 16.4 Å². The number of carbonyl (C=O) groups is 1. The van der Waals surface area contributed by atoms with Crippen molar-refractivity contribution < 1.29 is 13.6 Å². The predicted molar refractivity (Wildman–Crippen MR) is 85.4 cm³/mol. The molecule has 1 aromatic carbocycles. The van der Waals surface area contributed by atoms with E-state index >= 15 is 0 Å². The number of anilines is 1. The van der Waals surface area contributed by atoms with Gasteiger partial charge in [-0.3, -0.25) is 4.79 Å². The summed E-state index contributed by atoms with van der Waals surface area (Å²) in [4.78, 5) is 16.4. The van der Waals surface area contributed by atoms with Gasteiger partial charge in [0.2, 0.25) is 5.91 Å². The molecule has 3 N–H and O–H groups in total. The molecule has 3 rings (SSSR count). The zero-order valence-corrected chi connectivity index (χ0v) is 13.3. The summed E-state index contributed by atoms with van der Waals surface area (Å²) in [6, 6.07) is 2.10. The number of nitrogens with two attached hydrogens (primary N) is 1. The Kier molecular flexibility index (Phi) is 4.99. The fraction of sp³-hybridized carbons (Fsp3) is 0.429. The van der Waals surface area contributed by atoms with Crippen LogP contribution in [0.1, 0.15) is 32.1 Å². The van der Waals surface area contributed by atoms with Crippen LogP contribution in [0, 0.1) is 11.6 Å². The summed E-state index contributed by atoms with van der Waals surface area (Å²) in [5, 5.41) is 2.99. The summed E-state index contributed by atoms with van der Waals surface area (Å²) < 4.78 is 26.8. The predicted octanol–water partition coefficient (Wildman–Crippen LogP) is 3.60. The number of thiazole rings is 1. The molecule has 2 aromatic rings. The summed E-state index contributed by atoms with van der Waals surface area (Å²) in [5.41, 5.74) is 5.59. The largest absolute Gasteiger partial charge is 0.317 e. The Morgan fingerprint density at radius 2 is 1.86 bits per heavy atom. The van der Waals surface area contributed by atoms with Gasteiger partial charge in [0.05, 0.1) is 15.8 Å². The van der Waals surface area contributed by atoms with Crippen LogP contribution < -0.4 is 11.1 Å². The summed E-state index contributed by atoms with van der Waals surface area (Å²) >= 11 is 1.11. The third kappa shape index (κ3) is 3.21. The molecule has 0 radical (unpaired) electrons. The summed E-state index contributed by atoms with van der Waals surface area (Å²) in [6.07, 6.45) is 4.24. The minimum Gasteiger partial charge on any atom is -0.317 e. The van der Waals surface area contributed by atoms with Gasteiger partial charge < -0.3 is 11.1 Å². The Morgan fingerprint density at radius 3 is 2.55 bits per heavy atom. The molecule has 0 unspecified atom stereocenters. The van der Waals surface area contributed by atoms with Gasteiger partial charge in [-0.15, -0.1) is 12.4 Å². The van der Waals surface area contributed by atoms with Crippen molar-refractivity contribution in [3.8, 4) is 0 Å². The highest BCUT2D eigenvalue weighted by Gasteiger charge is 2.35. The number of nitrogens with one attached hydrogen (secondary N) is 1. The van der Waals surface area contributed by atoms with Crippen molar-refractivity contribution >= 4 is 45.0 Å². The number of fused-ring (bicyclic) bond motifs is 1. The number of halogens is 3. The van der Waals surface area contributed by atoms with Crippen LogP contribution in [0.15, 0.2) is 12.1 Å². The summed E-state index contributed by atoms with van der Waals surface area (Å²) in [5.74, 6) is -2.15. The Hall–Kier alpha value is -1.31. The number of hydrogen-bond acceptors (Lipinski definition) is 4. The van der Waals surface area contributed by atoms with Crippen molar-refractivity contribution in [1.29, 1.82) is 0 Å². The molecule has 1 aliphatic rings. The van der Waals surface area contributed by atoms with E-state index in [9.17, 15) is 13.6 Å². The third-order valence-electron chi connectivity index (χ3n) is 3.85. The molecule has 1 fully saturated rings. The number of carbonyl (C=O) groups excluding carboxylic acids is 1. The van der Waals surface area contributed by atoms with E-state index in [1.807, 2.05) is 0 Å². The molecule has 1 aliphatic carbocycles. The Labute approximate surface area is 136 Å². The second kappa shape index (κ2) is 6.44. The molecule has 1 heterocycles. The van der Waals surface area contributed by atoms with Gasteiger partial charge in [-0.1, -0.05) is 30.6 Å². The van der Waals surface area contributed by atoms with Gasteiger partial charge in [-0.2, -0.15) is 0 Å². The summed E-state index contributed by atoms with van der Waals surface area (Å²) in [6.45, 7) is 0. The average Bonchev–Trinajstić information content (AvgIpc) is 2.81. The molecule has 0 saturated heterocycles. The van der Waals surface area contributed by atoms with E-state index in [4.69, 9.17) is 5.73 Å². The first-order valence-corrected chi connectivity index (χ1v) is 7.65. The lowest BCUT2D eigenvalue weighted by Gasteiger charge is -2.31. The van der Waals surface area contributed by atoms with Crippen LogP contribution in [0.5, 0.6) is 0 Å². The number of nitrogens with zero attached hydrogens (tertiary/aromatic N) is 1. The molecule has 8 heteroatoms. The van der Waals surface area contributed by atoms with Gasteiger partial charge in [-0.05, 0) is 18.9 Å². The Balaban J connectivity index is 0.00000176. The molecule has 1 aromatic heterocycles. The van der Waals surface area contributed by atoms with Crippen molar-refractivity contribution in [2.24, 2.45) is 5.73 Å². The van der Waals surface area contributed by atoms with Crippen molar-refractivity contribution in [3.05, 3.63) is 23.8 Å². The number of rotatable bonds is 2. The first-order valence-electron chi connectivity index (χ1n) is 6.84. The second-order valence-corrected chi connectivity index (χ2v) is 6.45. The van der Waals surface area contributed by atoms with E-state index in [0.29, 0.717) is 28.2 Å². The van der Waals surface area contributed by atoms with Crippen LogP contribution in [0.4, 0.5) is 13.9 Å². The van der Waals surface area contributed by atoms with E-state index in [1.54, 1.807) is 0 Å². The molecule has 1 saturated carbocycles. The smallest absolute Gasteiger partial charge is 0.246 e. The minimum absolute atomic E-state index is 0. The van der Waals surface area contributed by atoms with Crippen LogP contribution >= 0.6 is 23.7 Å². The molecule has 0 atom stereocenters. The number of amides is 1. The molecule has 22 heavy (non-hydrogen) atoms. The molecule has 0 spiro atoms. The summed E-state index contributed by atoms with van der Waals surface area (Å²) in [7, 11) is 0. The topological polar surface area (TPSA) is 68.0 Å². The lowest BCUT2D eigenvalue weighted by atomic mass is 9.82. The number of aromatic nitrogens is 1. The maximum absolute atomic E-state index is 13.2. The van der Waals surface area contributed by atoms with Crippen LogP contribution in [0.3, 0.4) is 0 Å². The lowest BCUT2D eigenvalue weighted by Crippen LogP contribution is -2.52. The Bertz CT molecular complexity index is 662. The zero-order valence-electron chi connectivity index (χ0n) is 11.7. The maximum atomic E-state index is 13.2. The normalized spacial score (nSPS) is 17.0. The fourth-order valence-electron chi connectivity index (χ4n) is 2.61. The van der Waals surface area contributed by atoms with Gasteiger partial charge in [0.1, 0.15) is 0 Å². The van der Waals surface area contributed by atoms with Gasteiger partial charge >= 0.3 is 0 Å². The molecule has 4 nitrogen and oxygen atoms in total. The van der Waals surface area contributed by atoms with E-state index in [0.717, 1.165) is 42.7 Å². The third-order valence-corrected chi connectivity index (χ3v) is 4.78. The number of benzene rings is 1. The maximum Gasteiger partial charge on any atom is 0.246 e. The van der Waals surface area contributed by atoms with Crippen LogP contribution in [0.25, 0.3) is 10.2 Å². The lowest BCUT2D eigenvalue weighted by molar-refractivity contribution is -0.122. The fourth-order valence-corrected chi connectivity index (χ4v) is 3.48. The van der Waals surface area contributed by atoms with Gasteiger partial charge in [0, 0.05) is 6.07 Å². The van der Waals surface area contributed by atoms with E-state index in [-0.39, 0.29) is 18.3 Å². The minimum atomic E-state index is -0.951. The highest BCUT2D eigenvalue weighted by molar-refractivity contribution is 7.22. The average molecular weight is 348 g/mol. The van der Waals surface area contributed by atoms with Crippen molar-refractivity contribution in [2.45, 2.75) is 37.6 Å². The first kappa shape index (κ1) is 17.1. The van der Waals surface area contributed by atoms with Crippen LogP contribution in [0.2, 0.25) is 0 Å². The second-order valence-electron chi connectivity index (χ2n) is 5.42. The molecule has 0 bridgehead atoms. The zero-order chi connectivity index (χ0) is 15.0. The van der Waals surface area contributed by atoms with Crippen molar-refractivity contribution in [3.63, 3.8) is 0 Å². The molecular formula is C14H16ClF2N3OS. The monoisotopic (exact) mass is 347 g/mol. The standard InChI is InChI=1S/C14H15F2N3OS.ClH/c15-8-6-10-11(7-9(8)16)21-13(18-10)19-12(20)14(17)4-2-1-3-5-14;/h6-7H,1-5,17H2,(H,18,19,20);1H. The van der Waals surface area contributed by atoms with Gasteiger partial charge in [0.25, 0.3) is 0 Å². The molecule has 1 amide bonds. The highest BCUT2D eigenvalue weighted by Crippen LogP contribution is 2.30. The van der Waals surface area contributed by atoms with E-state index < -0.39 is 17.2 Å². The van der Waals surface area contributed by atoms with Gasteiger partial charge in [0.15, 0.2) is 16.8 Å². The molecular weight excluding hydrogens is 332 g/mol. The quantitative estimate of drug-likeness (QED) is 0.872. The highest BCUT2D eigenvalue weighted by atomic mass is 35.5. The van der Waals surface area contributed by atoms with E-state index in [1.165, 1.54) is 0 Å². The SMILES string of the molecule is Cl.NC1(C(=O)Nc2nc3cc(F)c(F)cc3s2)CCCCC1.